The first-order valence-electron chi connectivity index (χ1n) is 3.95. The molecule has 0 radical (unpaired) electrons. The maximum absolute atomic E-state index is 12.9. The van der Waals surface area contributed by atoms with Gasteiger partial charge in [-0.1, -0.05) is 30.4 Å². The topological polar surface area (TPSA) is 40.5 Å². The molecule has 0 aliphatic rings. The summed E-state index contributed by atoms with van der Waals surface area (Å²) in [6, 6.07) is 6.23. The van der Waals surface area contributed by atoms with Crippen LogP contribution < -0.4 is 0 Å². The van der Waals surface area contributed by atoms with E-state index >= 15 is 0 Å². The lowest BCUT2D eigenvalue weighted by Crippen LogP contribution is -2.06. The van der Waals surface area contributed by atoms with Crippen molar-refractivity contribution >= 4 is 6.08 Å². The summed E-state index contributed by atoms with van der Waals surface area (Å²) < 4.78 is 12.9. The van der Waals surface area contributed by atoms with Crippen molar-refractivity contribution in [3.63, 3.8) is 0 Å². The van der Waals surface area contributed by atoms with Crippen molar-refractivity contribution < 1.29 is 14.6 Å². The third kappa shape index (κ3) is 2.97. The van der Waals surface area contributed by atoms with Crippen LogP contribution in [0, 0.1) is 5.82 Å². The molecule has 0 amide bonds. The molecule has 0 saturated heterocycles. The van der Waals surface area contributed by atoms with E-state index in [0.29, 0.717) is 5.56 Å². The SMILES string of the molecule is OCC(O)/C=C/c1ccccc1F. The second kappa shape index (κ2) is 4.74. The Kier molecular flexibility index (Phi) is 3.61. The fourth-order valence-corrected chi connectivity index (χ4v) is 0.886. The van der Waals surface area contributed by atoms with Crippen LogP contribution >= 0.6 is 0 Å². The van der Waals surface area contributed by atoms with E-state index in [1.165, 1.54) is 18.2 Å². The normalized spacial score (nSPS) is 13.5. The van der Waals surface area contributed by atoms with Crippen molar-refractivity contribution in [2.24, 2.45) is 0 Å². The molecular formula is C10H11FO2. The monoisotopic (exact) mass is 182 g/mol. The Morgan fingerprint density at radius 1 is 1.38 bits per heavy atom. The van der Waals surface area contributed by atoms with E-state index in [0.717, 1.165) is 0 Å². The van der Waals surface area contributed by atoms with Gasteiger partial charge in [0.1, 0.15) is 5.82 Å². The summed E-state index contributed by atoms with van der Waals surface area (Å²) in [4.78, 5) is 0. The third-order valence-electron chi connectivity index (χ3n) is 1.59. The molecule has 1 atom stereocenters. The minimum Gasteiger partial charge on any atom is -0.393 e. The van der Waals surface area contributed by atoms with Crippen LogP contribution in [0.2, 0.25) is 0 Å². The fourth-order valence-electron chi connectivity index (χ4n) is 0.886. The number of aliphatic hydroxyl groups excluding tert-OH is 2. The predicted octanol–water partition coefficient (Wildman–Crippen LogP) is 1.19. The largest absolute Gasteiger partial charge is 0.393 e. The molecule has 0 bridgehead atoms. The quantitative estimate of drug-likeness (QED) is 0.737. The molecule has 0 aliphatic heterocycles. The number of benzene rings is 1. The van der Waals surface area contributed by atoms with Gasteiger partial charge in [-0.2, -0.15) is 0 Å². The smallest absolute Gasteiger partial charge is 0.130 e. The van der Waals surface area contributed by atoms with Crippen molar-refractivity contribution in [1.29, 1.82) is 0 Å². The lowest BCUT2D eigenvalue weighted by atomic mass is 10.2. The van der Waals surface area contributed by atoms with E-state index in [2.05, 4.69) is 0 Å². The zero-order valence-corrected chi connectivity index (χ0v) is 7.02. The summed E-state index contributed by atoms with van der Waals surface area (Å²) in [5, 5.41) is 17.4. The van der Waals surface area contributed by atoms with Gasteiger partial charge in [0.25, 0.3) is 0 Å². The van der Waals surface area contributed by atoms with Crippen molar-refractivity contribution in [1.82, 2.24) is 0 Å². The maximum atomic E-state index is 12.9. The number of halogens is 1. The molecule has 0 aliphatic carbocycles. The van der Waals surface area contributed by atoms with Crippen LogP contribution in [-0.2, 0) is 0 Å². The summed E-state index contributed by atoms with van der Waals surface area (Å²) >= 11 is 0. The standard InChI is InChI=1S/C10H11FO2/c11-10-4-2-1-3-8(10)5-6-9(13)7-12/h1-6,9,12-13H,7H2/b6-5+. The van der Waals surface area contributed by atoms with Crippen LogP contribution in [0.25, 0.3) is 6.08 Å². The molecule has 0 aromatic heterocycles. The molecule has 70 valence electrons. The van der Waals surface area contributed by atoms with Gasteiger partial charge >= 0.3 is 0 Å². The van der Waals surface area contributed by atoms with Crippen molar-refractivity contribution in [3.8, 4) is 0 Å². The van der Waals surface area contributed by atoms with Crippen LogP contribution in [0.3, 0.4) is 0 Å². The summed E-state index contributed by atoms with van der Waals surface area (Å²) in [5.74, 6) is -0.344. The molecule has 0 saturated carbocycles. The summed E-state index contributed by atoms with van der Waals surface area (Å²) in [7, 11) is 0. The molecule has 0 heterocycles. The van der Waals surface area contributed by atoms with Crippen LogP contribution in [0.5, 0.6) is 0 Å². The van der Waals surface area contributed by atoms with Gasteiger partial charge in [0.15, 0.2) is 0 Å². The number of rotatable bonds is 3. The molecule has 0 spiro atoms. The minimum atomic E-state index is -0.931. The molecule has 0 fully saturated rings. The third-order valence-corrected chi connectivity index (χ3v) is 1.59. The van der Waals surface area contributed by atoms with Crippen molar-refractivity contribution in [2.75, 3.05) is 6.61 Å². The lowest BCUT2D eigenvalue weighted by Gasteiger charge is -1.99. The van der Waals surface area contributed by atoms with Gasteiger partial charge in [-0.25, -0.2) is 4.39 Å². The molecular weight excluding hydrogens is 171 g/mol. The van der Waals surface area contributed by atoms with Crippen LogP contribution in [0.15, 0.2) is 30.3 Å². The second-order valence-corrected chi connectivity index (χ2v) is 2.63. The highest BCUT2D eigenvalue weighted by molar-refractivity contribution is 5.50. The number of hydrogen-bond donors (Lipinski definition) is 2. The van der Waals surface area contributed by atoms with Crippen molar-refractivity contribution in [3.05, 3.63) is 41.7 Å². The van der Waals surface area contributed by atoms with E-state index < -0.39 is 6.10 Å². The van der Waals surface area contributed by atoms with Crippen molar-refractivity contribution in [2.45, 2.75) is 6.10 Å². The van der Waals surface area contributed by atoms with Crippen LogP contribution in [0.4, 0.5) is 4.39 Å². The van der Waals surface area contributed by atoms with E-state index in [9.17, 15) is 4.39 Å². The second-order valence-electron chi connectivity index (χ2n) is 2.63. The lowest BCUT2D eigenvalue weighted by molar-refractivity contribution is 0.131. The number of aliphatic hydroxyl groups is 2. The summed E-state index contributed by atoms with van der Waals surface area (Å²) in [6.45, 7) is -0.356. The fraction of sp³-hybridized carbons (Fsp3) is 0.200. The average Bonchev–Trinajstić information content (AvgIpc) is 2.16. The van der Waals surface area contributed by atoms with Gasteiger partial charge < -0.3 is 10.2 Å². The highest BCUT2D eigenvalue weighted by atomic mass is 19.1. The zero-order chi connectivity index (χ0) is 9.68. The molecule has 2 N–H and O–H groups in total. The molecule has 1 rings (SSSR count). The van der Waals surface area contributed by atoms with Gasteiger partial charge in [-0.3, -0.25) is 0 Å². The summed E-state index contributed by atoms with van der Waals surface area (Å²) in [5.41, 5.74) is 0.398. The van der Waals surface area contributed by atoms with Crippen LogP contribution in [0.1, 0.15) is 5.56 Å². The van der Waals surface area contributed by atoms with Gasteiger partial charge in [0.05, 0.1) is 12.7 Å². The Morgan fingerprint density at radius 2 is 2.08 bits per heavy atom. The Balaban J connectivity index is 2.74. The van der Waals surface area contributed by atoms with E-state index in [-0.39, 0.29) is 12.4 Å². The Morgan fingerprint density at radius 3 is 2.69 bits per heavy atom. The van der Waals surface area contributed by atoms with E-state index in [1.54, 1.807) is 18.2 Å². The predicted molar refractivity (Wildman–Crippen MR) is 48.5 cm³/mol. The Bertz CT molecular complexity index is 297. The maximum Gasteiger partial charge on any atom is 0.130 e. The number of hydrogen-bond acceptors (Lipinski definition) is 2. The first kappa shape index (κ1) is 9.89. The Hall–Kier alpha value is -1.19. The molecule has 1 unspecified atom stereocenters. The molecule has 3 heteroatoms. The zero-order valence-electron chi connectivity index (χ0n) is 7.02. The van der Waals surface area contributed by atoms with Gasteiger partial charge in [0, 0.05) is 5.56 Å². The van der Waals surface area contributed by atoms with Gasteiger partial charge in [0.2, 0.25) is 0 Å². The average molecular weight is 182 g/mol. The molecule has 1 aromatic carbocycles. The van der Waals surface area contributed by atoms with Gasteiger partial charge in [-0.05, 0) is 6.07 Å². The van der Waals surface area contributed by atoms with E-state index in [4.69, 9.17) is 10.2 Å². The first-order valence-corrected chi connectivity index (χ1v) is 3.95. The van der Waals surface area contributed by atoms with Crippen LogP contribution in [-0.4, -0.2) is 22.9 Å². The van der Waals surface area contributed by atoms with E-state index in [1.807, 2.05) is 0 Å². The molecule has 1 aromatic rings. The first-order chi connectivity index (χ1) is 6.24. The highest BCUT2D eigenvalue weighted by Gasteiger charge is 1.97. The molecule has 2 nitrogen and oxygen atoms in total. The minimum absolute atomic E-state index is 0.344. The highest BCUT2D eigenvalue weighted by Crippen LogP contribution is 2.08. The Labute approximate surface area is 76.0 Å². The molecule has 13 heavy (non-hydrogen) atoms. The van der Waals surface area contributed by atoms with Gasteiger partial charge in [-0.15, -0.1) is 0 Å². The summed E-state index contributed by atoms with van der Waals surface area (Å²) in [6.07, 6.45) is 1.86.